The van der Waals surface area contributed by atoms with Gasteiger partial charge in [0.05, 0.1) is 11.1 Å². The van der Waals surface area contributed by atoms with Crippen LogP contribution in [0.1, 0.15) is 33.1 Å². The van der Waals surface area contributed by atoms with Crippen LogP contribution in [-0.4, -0.2) is 5.91 Å². The van der Waals surface area contributed by atoms with Crippen molar-refractivity contribution in [2.75, 3.05) is 0 Å². The highest BCUT2D eigenvalue weighted by Gasteiger charge is 2.13. The largest absolute Gasteiger partial charge is 0.345 e. The molecule has 0 radical (unpaired) electrons. The maximum atomic E-state index is 12.1. The van der Waals surface area contributed by atoms with Gasteiger partial charge in [-0.25, -0.2) is 0 Å². The third-order valence-electron chi connectivity index (χ3n) is 2.72. The van der Waals surface area contributed by atoms with Crippen LogP contribution < -0.4 is 5.32 Å². The summed E-state index contributed by atoms with van der Waals surface area (Å²) in [5.41, 5.74) is 0.563. The molecule has 1 N–H and O–H groups in total. The normalized spacial score (nSPS) is 12.2. The van der Waals surface area contributed by atoms with Crippen LogP contribution in [0.2, 0.25) is 5.02 Å². The second kappa shape index (κ2) is 6.07. The molecule has 1 aromatic heterocycles. The summed E-state index contributed by atoms with van der Waals surface area (Å²) >= 11 is 11.0. The molecule has 5 heteroatoms. The van der Waals surface area contributed by atoms with Crippen molar-refractivity contribution >= 4 is 44.8 Å². The molecule has 0 bridgehead atoms. The molecule has 0 aliphatic carbocycles. The topological polar surface area (TPSA) is 29.1 Å². The molecule has 1 unspecified atom stereocenters. The van der Waals surface area contributed by atoms with Gasteiger partial charge < -0.3 is 5.32 Å². The molecule has 0 aliphatic heterocycles. The SMILES string of the molecule is Cc1ccc(C(C)NC(=O)c2ccc(Br)c(Cl)c2)s1. The van der Waals surface area contributed by atoms with Gasteiger partial charge in [-0.3, -0.25) is 4.79 Å². The number of amides is 1. The fourth-order valence-electron chi connectivity index (χ4n) is 1.67. The number of rotatable bonds is 3. The molecule has 2 aromatic rings. The van der Waals surface area contributed by atoms with Crippen LogP contribution >= 0.6 is 38.9 Å². The Bertz CT molecular complexity index is 611. The van der Waals surface area contributed by atoms with Crippen LogP contribution in [0, 0.1) is 6.92 Å². The number of nitrogens with one attached hydrogen (secondary N) is 1. The summed E-state index contributed by atoms with van der Waals surface area (Å²) < 4.78 is 0.785. The highest BCUT2D eigenvalue weighted by atomic mass is 79.9. The van der Waals surface area contributed by atoms with Crippen molar-refractivity contribution in [2.45, 2.75) is 19.9 Å². The van der Waals surface area contributed by atoms with Gasteiger partial charge in [-0.1, -0.05) is 11.6 Å². The number of hydrogen-bond donors (Lipinski definition) is 1. The molecular formula is C14H13BrClNOS. The molecule has 1 heterocycles. The molecule has 1 amide bonds. The van der Waals surface area contributed by atoms with Gasteiger partial charge in [0.15, 0.2) is 0 Å². The lowest BCUT2D eigenvalue weighted by molar-refractivity contribution is 0.0940. The first-order chi connectivity index (χ1) is 8.97. The highest BCUT2D eigenvalue weighted by Crippen LogP contribution is 2.25. The zero-order valence-electron chi connectivity index (χ0n) is 10.5. The Balaban J connectivity index is 2.10. The number of halogens is 2. The Kier molecular flexibility index (Phi) is 4.66. The molecule has 100 valence electrons. The average Bonchev–Trinajstić information content (AvgIpc) is 2.79. The number of benzene rings is 1. The van der Waals surface area contributed by atoms with Crippen LogP contribution in [0.5, 0.6) is 0 Å². The summed E-state index contributed by atoms with van der Waals surface area (Å²) in [5.74, 6) is -0.118. The summed E-state index contributed by atoms with van der Waals surface area (Å²) in [6.07, 6.45) is 0. The minimum Gasteiger partial charge on any atom is -0.345 e. The van der Waals surface area contributed by atoms with E-state index in [9.17, 15) is 4.79 Å². The Morgan fingerprint density at radius 3 is 2.68 bits per heavy atom. The van der Waals surface area contributed by atoms with Gasteiger partial charge in [-0.15, -0.1) is 11.3 Å². The Morgan fingerprint density at radius 1 is 1.37 bits per heavy atom. The Labute approximate surface area is 129 Å². The van der Waals surface area contributed by atoms with Gasteiger partial charge in [0, 0.05) is 19.8 Å². The highest BCUT2D eigenvalue weighted by molar-refractivity contribution is 9.10. The smallest absolute Gasteiger partial charge is 0.251 e. The number of thiophene rings is 1. The summed E-state index contributed by atoms with van der Waals surface area (Å²) in [4.78, 5) is 14.5. The summed E-state index contributed by atoms with van der Waals surface area (Å²) in [6, 6.07) is 9.27. The van der Waals surface area contributed by atoms with Gasteiger partial charge in [-0.2, -0.15) is 0 Å². The van der Waals surface area contributed by atoms with E-state index >= 15 is 0 Å². The number of hydrogen-bond acceptors (Lipinski definition) is 2. The van der Waals surface area contributed by atoms with E-state index in [0.29, 0.717) is 10.6 Å². The van der Waals surface area contributed by atoms with E-state index in [2.05, 4.69) is 34.2 Å². The van der Waals surface area contributed by atoms with Gasteiger partial charge in [0.1, 0.15) is 0 Å². The van der Waals surface area contributed by atoms with E-state index in [0.717, 1.165) is 9.35 Å². The number of carbonyl (C=O) groups excluding carboxylic acids is 1. The lowest BCUT2D eigenvalue weighted by atomic mass is 10.2. The fourth-order valence-corrected chi connectivity index (χ4v) is 2.98. The second-order valence-corrected chi connectivity index (χ2v) is 6.85. The number of carbonyl (C=O) groups is 1. The van der Waals surface area contributed by atoms with E-state index in [1.165, 1.54) is 4.88 Å². The molecule has 2 rings (SSSR count). The third kappa shape index (κ3) is 3.59. The first kappa shape index (κ1) is 14.6. The molecule has 2 nitrogen and oxygen atoms in total. The van der Waals surface area contributed by atoms with Crippen molar-refractivity contribution in [1.29, 1.82) is 0 Å². The van der Waals surface area contributed by atoms with Gasteiger partial charge in [0.2, 0.25) is 0 Å². The Morgan fingerprint density at radius 2 is 2.11 bits per heavy atom. The van der Waals surface area contributed by atoms with Crippen LogP contribution in [0.15, 0.2) is 34.8 Å². The van der Waals surface area contributed by atoms with Crippen molar-refractivity contribution in [1.82, 2.24) is 5.32 Å². The van der Waals surface area contributed by atoms with Crippen LogP contribution in [0.25, 0.3) is 0 Å². The lowest BCUT2D eigenvalue weighted by Gasteiger charge is -2.12. The first-order valence-corrected chi connectivity index (χ1v) is 7.78. The van der Waals surface area contributed by atoms with Crippen molar-refractivity contribution in [2.24, 2.45) is 0 Å². The minimum atomic E-state index is -0.118. The first-order valence-electron chi connectivity index (χ1n) is 5.79. The minimum absolute atomic E-state index is 0.00591. The molecule has 0 saturated carbocycles. The van der Waals surface area contributed by atoms with Crippen molar-refractivity contribution in [3.63, 3.8) is 0 Å². The maximum Gasteiger partial charge on any atom is 0.251 e. The van der Waals surface area contributed by atoms with Crippen molar-refractivity contribution < 1.29 is 4.79 Å². The molecule has 0 saturated heterocycles. The molecule has 0 aliphatic rings. The van der Waals surface area contributed by atoms with Crippen molar-refractivity contribution in [3.8, 4) is 0 Å². The monoisotopic (exact) mass is 357 g/mol. The van der Waals surface area contributed by atoms with E-state index in [1.54, 1.807) is 29.5 Å². The molecule has 0 fully saturated rings. The standard InChI is InChI=1S/C14H13BrClNOS/c1-8-3-6-13(19-8)9(2)17-14(18)10-4-5-11(15)12(16)7-10/h3-7,9H,1-2H3,(H,17,18). The van der Waals surface area contributed by atoms with E-state index in [4.69, 9.17) is 11.6 Å². The van der Waals surface area contributed by atoms with Gasteiger partial charge in [0.25, 0.3) is 5.91 Å². The average molecular weight is 359 g/mol. The number of aryl methyl sites for hydroxylation is 1. The van der Waals surface area contributed by atoms with Crippen LogP contribution in [-0.2, 0) is 0 Å². The Hall–Kier alpha value is -0.840. The summed E-state index contributed by atoms with van der Waals surface area (Å²) in [7, 11) is 0. The molecule has 1 atom stereocenters. The maximum absolute atomic E-state index is 12.1. The quantitative estimate of drug-likeness (QED) is 0.825. The van der Waals surface area contributed by atoms with E-state index in [1.807, 2.05) is 13.0 Å². The molecule has 0 spiro atoms. The summed E-state index contributed by atoms with van der Waals surface area (Å²) in [5, 5.41) is 3.50. The molecular weight excluding hydrogens is 346 g/mol. The van der Waals surface area contributed by atoms with Gasteiger partial charge in [-0.05, 0) is 60.1 Å². The van der Waals surface area contributed by atoms with E-state index in [-0.39, 0.29) is 11.9 Å². The lowest BCUT2D eigenvalue weighted by Crippen LogP contribution is -2.26. The fraction of sp³-hybridized carbons (Fsp3) is 0.214. The van der Waals surface area contributed by atoms with Crippen LogP contribution in [0.3, 0.4) is 0 Å². The second-order valence-electron chi connectivity index (χ2n) is 4.27. The molecule has 19 heavy (non-hydrogen) atoms. The molecule has 1 aromatic carbocycles. The van der Waals surface area contributed by atoms with Crippen molar-refractivity contribution in [3.05, 3.63) is 55.1 Å². The predicted octanol–water partition coefficient (Wildman–Crippen LogP) is 4.96. The zero-order valence-corrected chi connectivity index (χ0v) is 13.7. The van der Waals surface area contributed by atoms with Crippen LogP contribution in [0.4, 0.5) is 0 Å². The van der Waals surface area contributed by atoms with Gasteiger partial charge >= 0.3 is 0 Å². The third-order valence-corrected chi connectivity index (χ3v) is 5.13. The predicted molar refractivity (Wildman–Crippen MR) is 84.1 cm³/mol. The zero-order chi connectivity index (χ0) is 14.0. The summed E-state index contributed by atoms with van der Waals surface area (Å²) in [6.45, 7) is 4.03. The van der Waals surface area contributed by atoms with E-state index < -0.39 is 0 Å².